The molecule has 0 spiro atoms. The van der Waals surface area contributed by atoms with E-state index in [1.54, 1.807) is 24.3 Å². The Bertz CT molecular complexity index is 633. The Balaban J connectivity index is 2.35. The minimum atomic E-state index is -0.289. The van der Waals surface area contributed by atoms with Gasteiger partial charge in [-0.05, 0) is 37.6 Å². The number of benzene rings is 1. The van der Waals surface area contributed by atoms with E-state index in [4.69, 9.17) is 4.74 Å². The molecule has 0 atom stereocenters. The van der Waals surface area contributed by atoms with Gasteiger partial charge in [-0.2, -0.15) is 4.98 Å². The van der Waals surface area contributed by atoms with Crippen molar-refractivity contribution in [1.29, 1.82) is 0 Å². The van der Waals surface area contributed by atoms with E-state index in [0.717, 1.165) is 17.7 Å². The second-order valence-electron chi connectivity index (χ2n) is 4.42. The number of aromatic amines is 1. The van der Waals surface area contributed by atoms with Gasteiger partial charge in [-0.15, -0.1) is 0 Å². The van der Waals surface area contributed by atoms with Crippen LogP contribution in [-0.4, -0.2) is 21.7 Å². The average Bonchev–Trinajstić information content (AvgIpc) is 2.44. The Labute approximate surface area is 117 Å². The number of hydrogen-bond acceptors (Lipinski definition) is 4. The highest BCUT2D eigenvalue weighted by Gasteiger charge is 2.11. The number of aromatic nitrogens is 2. The van der Waals surface area contributed by atoms with Gasteiger partial charge in [-0.1, -0.05) is 13.3 Å². The summed E-state index contributed by atoms with van der Waals surface area (Å²) in [5.41, 5.74) is 0.773. The third kappa shape index (κ3) is 2.99. The zero-order chi connectivity index (χ0) is 14.5. The molecule has 0 saturated carbocycles. The fourth-order valence-corrected chi connectivity index (χ4v) is 1.97. The maximum atomic E-state index is 11.9. The lowest BCUT2D eigenvalue weighted by Gasteiger charge is -2.07. The fourth-order valence-electron chi connectivity index (χ4n) is 1.97. The quantitative estimate of drug-likeness (QED) is 0.878. The Morgan fingerprint density at radius 3 is 2.50 bits per heavy atom. The lowest BCUT2D eigenvalue weighted by molar-refractivity contribution is 0.340. The van der Waals surface area contributed by atoms with Gasteiger partial charge in [0.2, 0.25) is 5.88 Å². The normalized spacial score (nSPS) is 10.5. The van der Waals surface area contributed by atoms with Gasteiger partial charge in [0, 0.05) is 5.56 Å². The first kappa shape index (κ1) is 14.1. The van der Waals surface area contributed by atoms with E-state index >= 15 is 0 Å². The van der Waals surface area contributed by atoms with Crippen LogP contribution in [0.4, 0.5) is 0 Å². The van der Waals surface area contributed by atoms with Crippen LogP contribution in [0.25, 0.3) is 11.4 Å². The second-order valence-corrected chi connectivity index (χ2v) is 4.42. The van der Waals surface area contributed by atoms with Crippen LogP contribution in [-0.2, 0) is 6.42 Å². The van der Waals surface area contributed by atoms with Crippen LogP contribution >= 0.6 is 0 Å². The topological polar surface area (TPSA) is 75.2 Å². The molecule has 0 bridgehead atoms. The van der Waals surface area contributed by atoms with Gasteiger partial charge in [0.15, 0.2) is 0 Å². The minimum Gasteiger partial charge on any atom is -0.494 e. The van der Waals surface area contributed by atoms with Crippen LogP contribution in [0.5, 0.6) is 11.6 Å². The predicted molar refractivity (Wildman–Crippen MR) is 77.1 cm³/mol. The number of ether oxygens (including phenoxy) is 1. The highest BCUT2D eigenvalue weighted by molar-refractivity contribution is 5.56. The Hall–Kier alpha value is -2.30. The van der Waals surface area contributed by atoms with E-state index in [9.17, 15) is 9.90 Å². The zero-order valence-corrected chi connectivity index (χ0v) is 11.6. The predicted octanol–water partition coefficient (Wildman–Crippen LogP) is 2.49. The maximum Gasteiger partial charge on any atom is 0.258 e. The molecule has 2 N–H and O–H groups in total. The Kier molecular flexibility index (Phi) is 4.40. The molecule has 106 valence electrons. The van der Waals surface area contributed by atoms with Crippen LogP contribution in [0.15, 0.2) is 29.1 Å². The molecule has 0 aliphatic carbocycles. The Morgan fingerprint density at radius 1 is 1.25 bits per heavy atom. The van der Waals surface area contributed by atoms with Gasteiger partial charge in [-0.25, -0.2) is 0 Å². The van der Waals surface area contributed by atoms with Crippen molar-refractivity contribution in [2.24, 2.45) is 0 Å². The molecule has 0 fully saturated rings. The molecule has 5 heteroatoms. The van der Waals surface area contributed by atoms with Crippen LogP contribution in [0.1, 0.15) is 25.8 Å². The first-order valence-electron chi connectivity index (χ1n) is 6.71. The van der Waals surface area contributed by atoms with Gasteiger partial charge in [0.05, 0.1) is 12.2 Å². The van der Waals surface area contributed by atoms with Crippen LogP contribution in [0.2, 0.25) is 0 Å². The summed E-state index contributed by atoms with van der Waals surface area (Å²) in [6.07, 6.45) is 1.29. The first-order chi connectivity index (χ1) is 9.65. The zero-order valence-electron chi connectivity index (χ0n) is 11.6. The molecule has 0 saturated heterocycles. The SMILES string of the molecule is CCCc1c(O)nc(-c2ccc(OCC)cc2)[nH]c1=O. The molecule has 0 radical (unpaired) electrons. The highest BCUT2D eigenvalue weighted by atomic mass is 16.5. The van der Waals surface area contributed by atoms with Crippen LogP contribution in [0, 0.1) is 0 Å². The van der Waals surface area contributed by atoms with E-state index in [2.05, 4.69) is 9.97 Å². The largest absolute Gasteiger partial charge is 0.494 e. The number of rotatable bonds is 5. The highest BCUT2D eigenvalue weighted by Crippen LogP contribution is 2.21. The molecule has 1 aromatic carbocycles. The Morgan fingerprint density at radius 2 is 1.95 bits per heavy atom. The molecule has 1 heterocycles. The third-order valence-electron chi connectivity index (χ3n) is 2.93. The van der Waals surface area contributed by atoms with Crippen molar-refractivity contribution in [1.82, 2.24) is 9.97 Å². The second kappa shape index (κ2) is 6.23. The summed E-state index contributed by atoms with van der Waals surface area (Å²) in [4.78, 5) is 18.7. The fraction of sp³-hybridized carbons (Fsp3) is 0.333. The summed E-state index contributed by atoms with van der Waals surface area (Å²) < 4.78 is 5.35. The molecule has 0 amide bonds. The minimum absolute atomic E-state index is 0.195. The van der Waals surface area contributed by atoms with Crippen molar-refractivity contribution < 1.29 is 9.84 Å². The third-order valence-corrected chi connectivity index (χ3v) is 2.93. The number of nitrogens with one attached hydrogen (secondary N) is 1. The average molecular weight is 274 g/mol. The van der Waals surface area contributed by atoms with Crippen molar-refractivity contribution in [3.05, 3.63) is 40.2 Å². The summed E-state index contributed by atoms with van der Waals surface area (Å²) in [5.74, 6) is 0.917. The number of hydrogen-bond donors (Lipinski definition) is 2. The van der Waals surface area contributed by atoms with E-state index < -0.39 is 0 Å². The van der Waals surface area contributed by atoms with Gasteiger partial charge in [0.25, 0.3) is 5.56 Å². The van der Waals surface area contributed by atoms with Crippen LogP contribution in [0.3, 0.4) is 0 Å². The first-order valence-corrected chi connectivity index (χ1v) is 6.71. The maximum absolute atomic E-state index is 11.9. The monoisotopic (exact) mass is 274 g/mol. The van der Waals surface area contributed by atoms with Gasteiger partial charge in [-0.3, -0.25) is 4.79 Å². The number of aromatic hydroxyl groups is 1. The van der Waals surface area contributed by atoms with Gasteiger partial charge < -0.3 is 14.8 Å². The van der Waals surface area contributed by atoms with Crippen molar-refractivity contribution in [2.75, 3.05) is 6.61 Å². The molecule has 0 aliphatic rings. The lowest BCUT2D eigenvalue weighted by atomic mass is 10.1. The van der Waals surface area contributed by atoms with Crippen molar-refractivity contribution in [2.45, 2.75) is 26.7 Å². The van der Waals surface area contributed by atoms with E-state index in [-0.39, 0.29) is 11.4 Å². The van der Waals surface area contributed by atoms with Crippen molar-refractivity contribution in [3.63, 3.8) is 0 Å². The molecule has 20 heavy (non-hydrogen) atoms. The van der Waals surface area contributed by atoms with Gasteiger partial charge in [0.1, 0.15) is 11.6 Å². The van der Waals surface area contributed by atoms with Crippen LogP contribution < -0.4 is 10.3 Å². The molecular weight excluding hydrogens is 256 g/mol. The van der Waals surface area contributed by atoms with E-state index in [0.29, 0.717) is 24.4 Å². The molecule has 0 unspecified atom stereocenters. The van der Waals surface area contributed by atoms with Crippen molar-refractivity contribution in [3.8, 4) is 23.0 Å². The summed E-state index contributed by atoms with van der Waals surface area (Å²) in [6.45, 7) is 4.46. The lowest BCUT2D eigenvalue weighted by Crippen LogP contribution is -2.15. The number of nitrogens with zero attached hydrogens (tertiary/aromatic N) is 1. The molecular formula is C15H18N2O3. The summed E-state index contributed by atoms with van der Waals surface area (Å²) >= 11 is 0. The smallest absolute Gasteiger partial charge is 0.258 e. The summed E-state index contributed by atoms with van der Waals surface area (Å²) in [7, 11) is 0. The molecule has 2 rings (SSSR count). The summed E-state index contributed by atoms with van der Waals surface area (Å²) in [5, 5.41) is 9.85. The molecule has 0 aliphatic heterocycles. The molecule has 5 nitrogen and oxygen atoms in total. The van der Waals surface area contributed by atoms with Gasteiger partial charge >= 0.3 is 0 Å². The van der Waals surface area contributed by atoms with E-state index in [1.807, 2.05) is 13.8 Å². The van der Waals surface area contributed by atoms with Crippen molar-refractivity contribution >= 4 is 0 Å². The number of H-pyrrole nitrogens is 1. The summed E-state index contributed by atoms with van der Waals surface area (Å²) in [6, 6.07) is 7.19. The molecule has 1 aromatic heterocycles. The van der Waals surface area contributed by atoms with E-state index in [1.165, 1.54) is 0 Å². The standard InChI is InChI=1S/C15H18N2O3/c1-3-5-12-14(18)16-13(17-15(12)19)10-6-8-11(9-7-10)20-4-2/h6-9H,3-5H2,1-2H3,(H2,16,17,18,19). The molecule has 2 aromatic rings.